The van der Waals surface area contributed by atoms with Gasteiger partial charge in [-0.05, 0) is 37.7 Å². The first kappa shape index (κ1) is 14.2. The van der Waals surface area contributed by atoms with E-state index in [9.17, 15) is 4.79 Å². The van der Waals surface area contributed by atoms with Crippen molar-refractivity contribution < 1.29 is 9.32 Å². The van der Waals surface area contributed by atoms with Crippen molar-refractivity contribution in [3.05, 3.63) is 41.3 Å². The van der Waals surface area contributed by atoms with Gasteiger partial charge in [0.2, 0.25) is 0 Å². The number of carbonyl (C=O) groups excluding carboxylic acids is 1. The van der Waals surface area contributed by atoms with Crippen molar-refractivity contribution in [2.45, 2.75) is 31.6 Å². The third-order valence-electron chi connectivity index (χ3n) is 3.67. The average molecular weight is 302 g/mol. The Hall–Kier alpha value is -1.75. The van der Waals surface area contributed by atoms with E-state index < -0.39 is 0 Å². The van der Waals surface area contributed by atoms with Gasteiger partial charge in [-0.1, -0.05) is 24.2 Å². The van der Waals surface area contributed by atoms with Crippen LogP contribution < -0.4 is 4.90 Å². The molecule has 110 valence electrons. The van der Waals surface area contributed by atoms with Gasteiger partial charge in [0.25, 0.3) is 5.91 Å². The zero-order chi connectivity index (χ0) is 14.8. The van der Waals surface area contributed by atoms with Crippen molar-refractivity contribution in [1.82, 2.24) is 5.16 Å². The van der Waals surface area contributed by atoms with Crippen molar-refractivity contribution >= 4 is 23.4 Å². The maximum atomic E-state index is 13.0. The van der Waals surface area contributed by atoms with Gasteiger partial charge in [-0.25, -0.2) is 0 Å². The molecule has 0 bridgehead atoms. The van der Waals surface area contributed by atoms with Crippen LogP contribution in [0.15, 0.2) is 33.7 Å². The molecule has 0 spiro atoms. The Labute approximate surface area is 128 Å². The second-order valence-corrected chi connectivity index (χ2v) is 6.18. The second kappa shape index (κ2) is 5.93. The Bertz CT molecular complexity index is 666. The van der Waals surface area contributed by atoms with Gasteiger partial charge >= 0.3 is 0 Å². The normalized spacial score (nSPS) is 14.7. The zero-order valence-corrected chi connectivity index (χ0v) is 13.1. The molecule has 1 aromatic carbocycles. The van der Waals surface area contributed by atoms with Crippen LogP contribution in [0.25, 0.3) is 0 Å². The van der Waals surface area contributed by atoms with Gasteiger partial charge in [-0.15, -0.1) is 11.8 Å². The molecular formula is C16H18N2O2S. The van der Waals surface area contributed by atoms with Crippen molar-refractivity contribution in [2.75, 3.05) is 17.2 Å². The highest BCUT2D eigenvalue weighted by Gasteiger charge is 2.27. The zero-order valence-electron chi connectivity index (χ0n) is 12.3. The highest BCUT2D eigenvalue weighted by atomic mass is 32.2. The number of hydrogen-bond acceptors (Lipinski definition) is 4. The molecule has 1 aliphatic rings. The molecule has 1 aliphatic heterocycles. The Balaban J connectivity index is 2.03. The van der Waals surface area contributed by atoms with E-state index in [-0.39, 0.29) is 5.91 Å². The fourth-order valence-corrected chi connectivity index (χ4v) is 3.60. The standard InChI is InChI=1S/C16H18N2O2S/c1-3-12-15(11(2)20-17-12)16(19)18-9-6-10-21-14-8-5-4-7-13(14)18/h4-5,7-8H,3,6,9-10H2,1-2H3. The Morgan fingerprint density at radius 3 is 3.05 bits per heavy atom. The summed E-state index contributed by atoms with van der Waals surface area (Å²) in [5.74, 6) is 1.64. The van der Waals surface area contributed by atoms with Crippen LogP contribution in [0.4, 0.5) is 5.69 Å². The summed E-state index contributed by atoms with van der Waals surface area (Å²) in [5.41, 5.74) is 2.36. The lowest BCUT2D eigenvalue weighted by Crippen LogP contribution is -2.32. The molecule has 5 heteroatoms. The summed E-state index contributed by atoms with van der Waals surface area (Å²) in [5, 5.41) is 4.00. The predicted octanol–water partition coefficient (Wildman–Crippen LogP) is 3.69. The molecule has 1 aromatic heterocycles. The molecular weight excluding hydrogens is 284 g/mol. The number of carbonyl (C=O) groups is 1. The molecule has 0 aliphatic carbocycles. The molecule has 2 heterocycles. The van der Waals surface area contributed by atoms with Crippen molar-refractivity contribution in [3.63, 3.8) is 0 Å². The summed E-state index contributed by atoms with van der Waals surface area (Å²) >= 11 is 1.81. The molecule has 0 atom stereocenters. The van der Waals surface area contributed by atoms with Gasteiger partial charge in [0.05, 0.1) is 11.4 Å². The summed E-state index contributed by atoms with van der Waals surface area (Å²) in [6, 6.07) is 8.08. The third-order valence-corrected chi connectivity index (χ3v) is 4.82. The fourth-order valence-electron chi connectivity index (χ4n) is 2.61. The maximum Gasteiger partial charge on any atom is 0.263 e. The van der Waals surface area contributed by atoms with Gasteiger partial charge < -0.3 is 9.42 Å². The number of nitrogens with zero attached hydrogens (tertiary/aromatic N) is 2. The Morgan fingerprint density at radius 1 is 1.43 bits per heavy atom. The molecule has 0 unspecified atom stereocenters. The molecule has 3 rings (SSSR count). The number of fused-ring (bicyclic) bond motifs is 1. The van der Waals surface area contributed by atoms with E-state index >= 15 is 0 Å². The molecule has 1 amide bonds. The fraction of sp³-hybridized carbons (Fsp3) is 0.375. The first-order valence-electron chi connectivity index (χ1n) is 7.21. The van der Waals surface area contributed by atoms with E-state index in [4.69, 9.17) is 4.52 Å². The molecule has 0 fully saturated rings. The number of rotatable bonds is 2. The van der Waals surface area contributed by atoms with E-state index in [1.807, 2.05) is 41.8 Å². The van der Waals surface area contributed by atoms with Gasteiger partial charge in [0.1, 0.15) is 11.3 Å². The molecule has 4 nitrogen and oxygen atoms in total. The lowest BCUT2D eigenvalue weighted by Gasteiger charge is -2.22. The van der Waals surface area contributed by atoms with Crippen LogP contribution in [0, 0.1) is 6.92 Å². The number of thioether (sulfide) groups is 1. The van der Waals surface area contributed by atoms with Crippen LogP contribution in [0.2, 0.25) is 0 Å². The minimum atomic E-state index is 0.000509. The number of aryl methyl sites for hydroxylation is 2. The van der Waals surface area contributed by atoms with Crippen LogP contribution in [0.1, 0.15) is 35.2 Å². The smallest absolute Gasteiger partial charge is 0.263 e. The number of aromatic nitrogens is 1. The van der Waals surface area contributed by atoms with Crippen LogP contribution in [-0.2, 0) is 6.42 Å². The number of benzene rings is 1. The first-order chi connectivity index (χ1) is 10.2. The molecule has 21 heavy (non-hydrogen) atoms. The van der Waals surface area contributed by atoms with Crippen LogP contribution in [-0.4, -0.2) is 23.4 Å². The molecule has 0 N–H and O–H groups in total. The summed E-state index contributed by atoms with van der Waals surface area (Å²) in [6.45, 7) is 4.52. The van der Waals surface area contributed by atoms with E-state index in [2.05, 4.69) is 11.2 Å². The topological polar surface area (TPSA) is 46.3 Å². The van der Waals surface area contributed by atoms with E-state index in [0.29, 0.717) is 17.7 Å². The molecule has 2 aromatic rings. The van der Waals surface area contributed by atoms with E-state index in [0.717, 1.165) is 35.0 Å². The lowest BCUT2D eigenvalue weighted by molar-refractivity contribution is 0.0984. The Kier molecular flexibility index (Phi) is 4.01. The largest absolute Gasteiger partial charge is 0.361 e. The Morgan fingerprint density at radius 2 is 2.24 bits per heavy atom. The highest BCUT2D eigenvalue weighted by molar-refractivity contribution is 7.99. The molecule has 0 saturated carbocycles. The van der Waals surface area contributed by atoms with E-state index in [1.54, 1.807) is 6.92 Å². The summed E-state index contributed by atoms with van der Waals surface area (Å²) in [7, 11) is 0. The summed E-state index contributed by atoms with van der Waals surface area (Å²) < 4.78 is 5.22. The monoisotopic (exact) mass is 302 g/mol. The second-order valence-electron chi connectivity index (χ2n) is 5.04. The quantitative estimate of drug-likeness (QED) is 0.849. The minimum absolute atomic E-state index is 0.000509. The van der Waals surface area contributed by atoms with Gasteiger partial charge in [0.15, 0.2) is 0 Å². The summed E-state index contributed by atoms with van der Waals surface area (Å²) in [4.78, 5) is 16.0. The van der Waals surface area contributed by atoms with Crippen LogP contribution in [0.5, 0.6) is 0 Å². The average Bonchev–Trinajstić information content (AvgIpc) is 2.75. The van der Waals surface area contributed by atoms with E-state index in [1.165, 1.54) is 0 Å². The van der Waals surface area contributed by atoms with Crippen LogP contribution >= 0.6 is 11.8 Å². The number of hydrogen-bond donors (Lipinski definition) is 0. The van der Waals surface area contributed by atoms with Crippen molar-refractivity contribution in [3.8, 4) is 0 Å². The number of para-hydroxylation sites is 1. The van der Waals surface area contributed by atoms with Crippen molar-refractivity contribution in [1.29, 1.82) is 0 Å². The van der Waals surface area contributed by atoms with Crippen LogP contribution in [0.3, 0.4) is 0 Å². The molecule has 0 radical (unpaired) electrons. The minimum Gasteiger partial charge on any atom is -0.361 e. The van der Waals surface area contributed by atoms with Gasteiger partial charge in [-0.2, -0.15) is 0 Å². The van der Waals surface area contributed by atoms with Gasteiger partial charge in [-0.3, -0.25) is 4.79 Å². The predicted molar refractivity (Wildman–Crippen MR) is 84.1 cm³/mol. The third kappa shape index (κ3) is 2.58. The first-order valence-corrected chi connectivity index (χ1v) is 8.19. The summed E-state index contributed by atoms with van der Waals surface area (Å²) in [6.07, 6.45) is 1.68. The maximum absolute atomic E-state index is 13.0. The number of anilines is 1. The number of amides is 1. The van der Waals surface area contributed by atoms with Gasteiger partial charge in [0, 0.05) is 11.4 Å². The van der Waals surface area contributed by atoms with Crippen molar-refractivity contribution in [2.24, 2.45) is 0 Å². The SMILES string of the molecule is CCc1noc(C)c1C(=O)N1CCCSc2ccccc21. The molecule has 0 saturated heterocycles. The lowest BCUT2D eigenvalue weighted by atomic mass is 10.1. The highest BCUT2D eigenvalue weighted by Crippen LogP contribution is 2.34.